The fourth-order valence-corrected chi connectivity index (χ4v) is 6.01. The van der Waals surface area contributed by atoms with Crippen molar-refractivity contribution in [2.45, 2.75) is 30.4 Å². The van der Waals surface area contributed by atoms with Gasteiger partial charge in [0.05, 0.1) is 15.9 Å². The van der Waals surface area contributed by atoms with Crippen LogP contribution in [-0.2, 0) is 14.4 Å². The van der Waals surface area contributed by atoms with E-state index >= 15 is 0 Å². The molecule has 0 spiro atoms. The number of hydrogen-bond acceptors (Lipinski definition) is 7. The van der Waals surface area contributed by atoms with Crippen LogP contribution in [0.2, 0.25) is 0 Å². The lowest BCUT2D eigenvalue weighted by molar-refractivity contribution is -0.384. The zero-order valence-electron chi connectivity index (χ0n) is 24.4. The third-order valence-corrected chi connectivity index (χ3v) is 8.26. The van der Waals surface area contributed by atoms with Crippen LogP contribution in [0.15, 0.2) is 108 Å². The maximum atomic E-state index is 13.5. The molecule has 5 rings (SSSR count). The van der Waals surface area contributed by atoms with Crippen molar-refractivity contribution in [2.75, 3.05) is 10.2 Å². The number of carbonyl (C=O) groups is 4. The molecule has 0 aliphatic carbocycles. The second-order valence-corrected chi connectivity index (χ2v) is 11.6. The summed E-state index contributed by atoms with van der Waals surface area (Å²) < 4.78 is 0. The highest BCUT2D eigenvalue weighted by atomic mass is 32.2. The highest BCUT2D eigenvalue weighted by Gasteiger charge is 2.41. The molecule has 11 heteroatoms. The van der Waals surface area contributed by atoms with Crippen LogP contribution >= 0.6 is 11.8 Å². The maximum Gasteiger partial charge on any atom is 0.272 e. The molecule has 0 saturated carbocycles. The van der Waals surface area contributed by atoms with E-state index in [2.05, 4.69) is 10.6 Å². The lowest BCUT2D eigenvalue weighted by Gasteiger charge is -2.19. The molecule has 1 saturated heterocycles. The van der Waals surface area contributed by atoms with Crippen molar-refractivity contribution in [1.29, 1.82) is 0 Å². The van der Waals surface area contributed by atoms with Crippen LogP contribution in [0, 0.1) is 24.0 Å². The average molecular weight is 621 g/mol. The number of nitrogens with one attached hydrogen (secondary N) is 2. The number of non-ortho nitro benzene ring substituents is 1. The Morgan fingerprint density at radius 1 is 0.911 bits per heavy atom. The molecule has 2 N–H and O–H groups in total. The number of imide groups is 1. The molecule has 4 aromatic carbocycles. The highest BCUT2D eigenvalue weighted by Crippen LogP contribution is 2.37. The Kier molecular flexibility index (Phi) is 9.20. The standard InChI is InChI=1S/C34H28N4O6S/c1-21-8-6-9-22(2)31(21)37-30(39)20-29(34(37)42)45-27-13-7-12-25(19-27)35-33(41)28(36-32(40)24-10-4-3-5-11-24)18-23-14-16-26(17-15-23)38(43)44/h3-19,29H,20H2,1-2H3,(H,35,41)(H,36,40)/b28-18-. The summed E-state index contributed by atoms with van der Waals surface area (Å²) in [5.41, 5.74) is 3.29. The van der Waals surface area contributed by atoms with Crippen molar-refractivity contribution in [2.24, 2.45) is 0 Å². The first kappa shape index (κ1) is 30.9. The Balaban J connectivity index is 1.35. The molecule has 4 amide bonds. The number of nitro benzene ring substituents is 1. The van der Waals surface area contributed by atoms with E-state index in [1.807, 2.05) is 32.0 Å². The lowest BCUT2D eigenvalue weighted by atomic mass is 10.1. The summed E-state index contributed by atoms with van der Waals surface area (Å²) in [7, 11) is 0. The van der Waals surface area contributed by atoms with Crippen LogP contribution in [0.25, 0.3) is 6.08 Å². The van der Waals surface area contributed by atoms with E-state index < -0.39 is 22.0 Å². The maximum absolute atomic E-state index is 13.5. The minimum Gasteiger partial charge on any atom is -0.321 e. The van der Waals surface area contributed by atoms with E-state index in [0.717, 1.165) is 11.1 Å². The first-order valence-corrected chi connectivity index (χ1v) is 14.8. The Morgan fingerprint density at radius 3 is 2.24 bits per heavy atom. The number of benzene rings is 4. The van der Waals surface area contributed by atoms with Crippen LogP contribution < -0.4 is 15.5 Å². The van der Waals surface area contributed by atoms with Crippen LogP contribution in [0.3, 0.4) is 0 Å². The van der Waals surface area contributed by atoms with E-state index in [1.165, 1.54) is 47.0 Å². The zero-order valence-corrected chi connectivity index (χ0v) is 25.2. The third kappa shape index (κ3) is 7.16. The number of hydrogen-bond donors (Lipinski definition) is 2. The van der Waals surface area contributed by atoms with Gasteiger partial charge in [0.1, 0.15) is 5.70 Å². The Morgan fingerprint density at radius 2 is 1.58 bits per heavy atom. The Bertz CT molecular complexity index is 1820. The van der Waals surface area contributed by atoms with E-state index in [4.69, 9.17) is 0 Å². The summed E-state index contributed by atoms with van der Waals surface area (Å²) >= 11 is 1.23. The summed E-state index contributed by atoms with van der Waals surface area (Å²) in [6.07, 6.45) is 1.46. The molecule has 10 nitrogen and oxygen atoms in total. The normalized spacial score (nSPS) is 14.8. The molecule has 4 aromatic rings. The van der Waals surface area contributed by atoms with Gasteiger partial charge in [-0.1, -0.05) is 42.5 Å². The van der Waals surface area contributed by atoms with Gasteiger partial charge in [-0.2, -0.15) is 0 Å². The monoisotopic (exact) mass is 620 g/mol. The molecule has 0 bridgehead atoms. The highest BCUT2D eigenvalue weighted by molar-refractivity contribution is 8.00. The average Bonchev–Trinajstić information content (AvgIpc) is 3.29. The van der Waals surface area contributed by atoms with Gasteiger partial charge in [-0.3, -0.25) is 29.3 Å². The fourth-order valence-electron chi connectivity index (χ4n) is 4.90. The van der Waals surface area contributed by atoms with Crippen LogP contribution in [0.1, 0.15) is 33.5 Å². The van der Waals surface area contributed by atoms with Crippen LogP contribution in [0.5, 0.6) is 0 Å². The largest absolute Gasteiger partial charge is 0.321 e. The number of carbonyl (C=O) groups excluding carboxylic acids is 4. The van der Waals surface area contributed by atoms with Gasteiger partial charge in [0, 0.05) is 34.7 Å². The van der Waals surface area contributed by atoms with Gasteiger partial charge < -0.3 is 10.6 Å². The fraction of sp³-hybridized carbons (Fsp3) is 0.118. The van der Waals surface area contributed by atoms with Crippen molar-refractivity contribution in [3.63, 3.8) is 0 Å². The predicted molar refractivity (Wildman–Crippen MR) is 173 cm³/mol. The number of rotatable bonds is 9. The number of anilines is 2. The minimum absolute atomic E-state index is 0.0432. The Hall–Kier alpha value is -5.55. The van der Waals surface area contributed by atoms with Gasteiger partial charge in [0.15, 0.2) is 0 Å². The molecule has 0 aromatic heterocycles. The van der Waals surface area contributed by atoms with Crippen LogP contribution in [-0.4, -0.2) is 33.8 Å². The summed E-state index contributed by atoms with van der Waals surface area (Å²) in [4.78, 5) is 65.1. The van der Waals surface area contributed by atoms with Crippen molar-refractivity contribution >= 4 is 58.5 Å². The van der Waals surface area contributed by atoms with Crippen molar-refractivity contribution < 1.29 is 24.1 Å². The minimum atomic E-state index is -0.634. The smallest absolute Gasteiger partial charge is 0.272 e. The predicted octanol–water partition coefficient (Wildman–Crippen LogP) is 6.05. The summed E-state index contributed by atoms with van der Waals surface area (Å²) in [5.74, 6) is -1.71. The second kappa shape index (κ2) is 13.4. The molecule has 1 heterocycles. The summed E-state index contributed by atoms with van der Waals surface area (Å²) in [5, 5.41) is 15.8. The topological polar surface area (TPSA) is 139 Å². The number of aryl methyl sites for hydroxylation is 2. The Labute approximate surface area is 263 Å². The lowest BCUT2D eigenvalue weighted by Crippen LogP contribution is -2.32. The number of para-hydroxylation sites is 1. The molecule has 1 fully saturated rings. The SMILES string of the molecule is Cc1cccc(C)c1N1C(=O)CC(Sc2cccc(NC(=O)/C(=C/c3ccc([N+](=O)[O-])cc3)NC(=O)c3ccccc3)c2)C1=O. The molecule has 1 unspecified atom stereocenters. The molecule has 1 aliphatic heterocycles. The number of thioether (sulfide) groups is 1. The van der Waals surface area contributed by atoms with E-state index in [-0.39, 0.29) is 29.6 Å². The molecule has 1 aliphatic rings. The van der Waals surface area contributed by atoms with E-state index in [1.54, 1.807) is 54.6 Å². The molecule has 0 radical (unpaired) electrons. The molecular formula is C34H28N4O6S. The van der Waals surface area contributed by atoms with Gasteiger partial charge in [-0.15, -0.1) is 11.8 Å². The van der Waals surface area contributed by atoms with Gasteiger partial charge in [-0.25, -0.2) is 4.90 Å². The molecular weight excluding hydrogens is 592 g/mol. The van der Waals surface area contributed by atoms with Gasteiger partial charge >= 0.3 is 0 Å². The van der Waals surface area contributed by atoms with E-state index in [0.29, 0.717) is 27.4 Å². The quantitative estimate of drug-likeness (QED) is 0.101. The number of amides is 4. The van der Waals surface area contributed by atoms with Crippen molar-refractivity contribution in [3.8, 4) is 0 Å². The van der Waals surface area contributed by atoms with E-state index in [9.17, 15) is 29.3 Å². The summed E-state index contributed by atoms with van der Waals surface area (Å²) in [6.45, 7) is 3.73. The second-order valence-electron chi connectivity index (χ2n) is 10.3. The first-order valence-electron chi connectivity index (χ1n) is 13.9. The molecule has 45 heavy (non-hydrogen) atoms. The van der Waals surface area contributed by atoms with Gasteiger partial charge in [0.25, 0.3) is 17.5 Å². The van der Waals surface area contributed by atoms with Crippen molar-refractivity contribution in [3.05, 3.63) is 135 Å². The first-order chi connectivity index (χ1) is 21.6. The number of nitro groups is 1. The van der Waals surface area contributed by atoms with Gasteiger partial charge in [0.2, 0.25) is 11.8 Å². The van der Waals surface area contributed by atoms with Crippen molar-refractivity contribution in [1.82, 2.24) is 5.32 Å². The summed E-state index contributed by atoms with van der Waals surface area (Å²) in [6, 6.07) is 26.4. The van der Waals surface area contributed by atoms with Crippen LogP contribution in [0.4, 0.5) is 17.1 Å². The zero-order chi connectivity index (χ0) is 32.1. The van der Waals surface area contributed by atoms with Gasteiger partial charge in [-0.05, 0) is 79.1 Å². The molecule has 226 valence electrons. The number of nitrogens with zero attached hydrogens (tertiary/aromatic N) is 2. The third-order valence-electron chi connectivity index (χ3n) is 7.08. The molecule has 1 atom stereocenters.